The fourth-order valence-electron chi connectivity index (χ4n) is 1.12. The summed E-state index contributed by atoms with van der Waals surface area (Å²) >= 11 is 5.58. The second-order valence-electron chi connectivity index (χ2n) is 3.23. The molecule has 0 aromatic heterocycles. The van der Waals surface area contributed by atoms with Gasteiger partial charge >= 0.3 is 0 Å². The molecule has 80 valence electrons. The van der Waals surface area contributed by atoms with Crippen molar-refractivity contribution in [3.8, 4) is 0 Å². The lowest BCUT2D eigenvalue weighted by Gasteiger charge is -1.94. The molecule has 0 atom stereocenters. The molecule has 0 aliphatic carbocycles. The van der Waals surface area contributed by atoms with Crippen LogP contribution in [0.2, 0.25) is 0 Å². The molecule has 0 unspecified atom stereocenters. The van der Waals surface area contributed by atoms with Crippen LogP contribution in [0.1, 0.15) is 39.0 Å². The monoisotopic (exact) mass is 212 g/mol. The summed E-state index contributed by atoms with van der Waals surface area (Å²) in [5.41, 5.74) is 0. The molecule has 0 aromatic rings. The van der Waals surface area contributed by atoms with Crippen molar-refractivity contribution in [3.63, 3.8) is 0 Å². The van der Waals surface area contributed by atoms with Gasteiger partial charge in [0.1, 0.15) is 0 Å². The zero-order valence-electron chi connectivity index (χ0n) is 9.08. The first-order valence-corrected chi connectivity index (χ1v) is 5.95. The number of rotatable bonds is 8. The normalized spacial score (nSPS) is 12.4. The highest BCUT2D eigenvalue weighted by Crippen LogP contribution is 2.04. The molecule has 0 rings (SSSR count). The van der Waals surface area contributed by atoms with Crippen LogP contribution in [0.5, 0.6) is 0 Å². The maximum absolute atomic E-state index is 5.58. The Morgan fingerprint density at radius 3 is 2.29 bits per heavy atom. The molecule has 0 aliphatic rings. The summed E-state index contributed by atoms with van der Waals surface area (Å²) in [7, 11) is 0. The molecule has 0 heterocycles. The minimum Gasteiger partial charge on any atom is -0.127 e. The number of hydrogen-bond acceptors (Lipinski definition) is 0. The van der Waals surface area contributed by atoms with Crippen LogP contribution in [-0.4, -0.2) is 5.88 Å². The van der Waals surface area contributed by atoms with Gasteiger partial charge < -0.3 is 0 Å². The molecule has 0 amide bonds. The van der Waals surface area contributed by atoms with E-state index < -0.39 is 0 Å². The summed E-state index contributed by atoms with van der Waals surface area (Å²) in [6.45, 7) is 2.02. The Morgan fingerprint density at radius 2 is 1.57 bits per heavy atom. The first kappa shape index (κ1) is 13.5. The molecule has 0 nitrogen and oxygen atoms in total. The van der Waals surface area contributed by atoms with Crippen LogP contribution in [-0.2, 0) is 0 Å². The molecule has 0 radical (unpaired) electrons. The summed E-state index contributed by atoms with van der Waals surface area (Å²) in [6.07, 6.45) is 18.7. The molecule has 1 heteroatoms. The van der Waals surface area contributed by atoms with Gasteiger partial charge in [-0.1, -0.05) is 49.3 Å². The van der Waals surface area contributed by atoms with E-state index in [0.717, 1.165) is 12.3 Å². The lowest BCUT2D eigenvalue weighted by molar-refractivity contribution is 0.677. The van der Waals surface area contributed by atoms with Crippen LogP contribution in [0.4, 0.5) is 0 Å². The average molecular weight is 213 g/mol. The Hall–Kier alpha value is -0.490. The fourth-order valence-corrected chi connectivity index (χ4v) is 1.31. The highest BCUT2D eigenvalue weighted by Gasteiger charge is 1.86. The molecule has 0 fully saturated rings. The molecule has 0 spiro atoms. The van der Waals surface area contributed by atoms with Crippen molar-refractivity contribution in [3.05, 3.63) is 36.5 Å². The van der Waals surface area contributed by atoms with Gasteiger partial charge in [0.15, 0.2) is 0 Å². The third-order valence-electron chi connectivity index (χ3n) is 1.92. The van der Waals surface area contributed by atoms with Gasteiger partial charge in [-0.2, -0.15) is 0 Å². The van der Waals surface area contributed by atoms with Crippen molar-refractivity contribution < 1.29 is 0 Å². The van der Waals surface area contributed by atoms with Crippen molar-refractivity contribution in [1.82, 2.24) is 0 Å². The van der Waals surface area contributed by atoms with Crippen LogP contribution in [0.25, 0.3) is 0 Å². The van der Waals surface area contributed by atoms with E-state index in [1.165, 1.54) is 25.7 Å². The highest BCUT2D eigenvalue weighted by atomic mass is 35.5. The Bertz CT molecular complexity index is 178. The SMILES string of the molecule is C/C=C/C=C/C=C/CCCCCCCl. The maximum Gasteiger partial charge on any atom is 0.0223 e. The van der Waals surface area contributed by atoms with Crippen molar-refractivity contribution in [1.29, 1.82) is 0 Å². The van der Waals surface area contributed by atoms with Gasteiger partial charge in [-0.05, 0) is 26.2 Å². The van der Waals surface area contributed by atoms with Crippen LogP contribution < -0.4 is 0 Å². The quantitative estimate of drug-likeness (QED) is 0.306. The minimum atomic E-state index is 0.807. The lowest BCUT2D eigenvalue weighted by atomic mass is 10.1. The Kier molecular flexibility index (Phi) is 12.1. The lowest BCUT2D eigenvalue weighted by Crippen LogP contribution is -1.77. The zero-order valence-corrected chi connectivity index (χ0v) is 9.84. The zero-order chi connectivity index (χ0) is 10.5. The Morgan fingerprint density at radius 1 is 0.857 bits per heavy atom. The van der Waals surface area contributed by atoms with Gasteiger partial charge in [0.2, 0.25) is 0 Å². The van der Waals surface area contributed by atoms with Crippen LogP contribution in [0.3, 0.4) is 0 Å². The number of halogens is 1. The van der Waals surface area contributed by atoms with E-state index in [-0.39, 0.29) is 0 Å². The van der Waals surface area contributed by atoms with Gasteiger partial charge in [-0.3, -0.25) is 0 Å². The molecule has 0 saturated heterocycles. The van der Waals surface area contributed by atoms with E-state index in [2.05, 4.69) is 18.2 Å². The van der Waals surface area contributed by atoms with Crippen LogP contribution in [0, 0.1) is 0 Å². The maximum atomic E-state index is 5.58. The number of allylic oxidation sites excluding steroid dienone is 6. The van der Waals surface area contributed by atoms with Crippen LogP contribution >= 0.6 is 11.6 Å². The third-order valence-corrected chi connectivity index (χ3v) is 2.18. The van der Waals surface area contributed by atoms with Crippen molar-refractivity contribution >= 4 is 11.6 Å². The van der Waals surface area contributed by atoms with Gasteiger partial charge in [0.05, 0.1) is 0 Å². The Balaban J connectivity index is 3.18. The van der Waals surface area contributed by atoms with Crippen molar-refractivity contribution in [2.24, 2.45) is 0 Å². The fraction of sp³-hybridized carbons (Fsp3) is 0.538. The summed E-state index contributed by atoms with van der Waals surface area (Å²) in [6, 6.07) is 0. The van der Waals surface area contributed by atoms with Crippen LogP contribution in [0.15, 0.2) is 36.5 Å². The van der Waals surface area contributed by atoms with Crippen molar-refractivity contribution in [2.75, 3.05) is 5.88 Å². The van der Waals surface area contributed by atoms with Gasteiger partial charge in [0, 0.05) is 5.88 Å². The molecular formula is C13H21Cl. The second-order valence-corrected chi connectivity index (χ2v) is 3.61. The van der Waals surface area contributed by atoms with E-state index in [9.17, 15) is 0 Å². The predicted molar refractivity (Wildman–Crippen MR) is 66.9 cm³/mol. The van der Waals surface area contributed by atoms with E-state index in [4.69, 9.17) is 11.6 Å². The minimum absolute atomic E-state index is 0.807. The average Bonchev–Trinajstić information content (AvgIpc) is 2.21. The summed E-state index contributed by atoms with van der Waals surface area (Å²) in [4.78, 5) is 0. The number of unbranched alkanes of at least 4 members (excludes halogenated alkanes) is 4. The molecule has 0 N–H and O–H groups in total. The van der Waals surface area contributed by atoms with E-state index in [1.807, 2.05) is 25.2 Å². The summed E-state index contributed by atoms with van der Waals surface area (Å²) in [5.74, 6) is 0.807. The topological polar surface area (TPSA) is 0 Å². The first-order chi connectivity index (χ1) is 6.91. The number of alkyl halides is 1. The second kappa shape index (κ2) is 12.5. The van der Waals surface area contributed by atoms with E-state index in [1.54, 1.807) is 0 Å². The highest BCUT2D eigenvalue weighted by molar-refractivity contribution is 6.17. The van der Waals surface area contributed by atoms with Gasteiger partial charge in [-0.15, -0.1) is 11.6 Å². The first-order valence-electron chi connectivity index (χ1n) is 5.42. The largest absolute Gasteiger partial charge is 0.127 e. The Labute approximate surface area is 93.4 Å². The molecule has 14 heavy (non-hydrogen) atoms. The van der Waals surface area contributed by atoms with Gasteiger partial charge in [0.25, 0.3) is 0 Å². The number of hydrogen-bond donors (Lipinski definition) is 0. The van der Waals surface area contributed by atoms with E-state index >= 15 is 0 Å². The summed E-state index contributed by atoms with van der Waals surface area (Å²) in [5, 5.41) is 0. The summed E-state index contributed by atoms with van der Waals surface area (Å²) < 4.78 is 0. The molecule has 0 aliphatic heterocycles. The van der Waals surface area contributed by atoms with E-state index in [0.29, 0.717) is 0 Å². The predicted octanol–water partition coefficient (Wildman–Crippen LogP) is 4.86. The molecular weight excluding hydrogens is 192 g/mol. The standard InChI is InChI=1S/C13H21Cl/c1-2-3-4-5-6-7-8-9-10-11-12-13-14/h2-7H,8-13H2,1H3/b3-2+,5-4+,7-6+. The van der Waals surface area contributed by atoms with Gasteiger partial charge in [-0.25, -0.2) is 0 Å². The van der Waals surface area contributed by atoms with Crippen molar-refractivity contribution in [2.45, 2.75) is 39.0 Å². The smallest absolute Gasteiger partial charge is 0.0223 e. The molecule has 0 bridgehead atoms. The molecule has 0 saturated carbocycles. The third kappa shape index (κ3) is 11.5. The molecule has 0 aromatic carbocycles.